The van der Waals surface area contributed by atoms with E-state index >= 15 is 0 Å². The summed E-state index contributed by atoms with van der Waals surface area (Å²) in [6.07, 6.45) is 0. The largest absolute Gasteiger partial charge is 0.358 e. The number of nitrogens with zero attached hydrogens (tertiary/aromatic N) is 1. The van der Waals surface area contributed by atoms with Crippen molar-refractivity contribution in [3.63, 3.8) is 0 Å². The van der Waals surface area contributed by atoms with Gasteiger partial charge in [-0.05, 0) is 31.6 Å². The maximum Gasteiger partial charge on any atom is 0.239 e. The molecule has 0 aromatic heterocycles. The summed E-state index contributed by atoms with van der Waals surface area (Å²) in [6, 6.07) is 10.0. The van der Waals surface area contributed by atoms with Crippen LogP contribution in [0.15, 0.2) is 30.3 Å². The first-order chi connectivity index (χ1) is 9.17. The lowest BCUT2D eigenvalue weighted by atomic mass is 10.2. The molecule has 0 atom stereocenters. The first-order valence-corrected chi connectivity index (χ1v) is 6.91. The van der Waals surface area contributed by atoms with Crippen LogP contribution in [0.1, 0.15) is 19.4 Å². The number of hydrogen-bond donors (Lipinski definition) is 2. The Morgan fingerprint density at radius 3 is 2.47 bits per heavy atom. The van der Waals surface area contributed by atoms with E-state index in [4.69, 9.17) is 12.2 Å². The van der Waals surface area contributed by atoms with E-state index in [9.17, 15) is 4.79 Å². The van der Waals surface area contributed by atoms with Crippen molar-refractivity contribution in [2.24, 2.45) is 0 Å². The van der Waals surface area contributed by atoms with E-state index in [1.54, 1.807) is 0 Å². The SMILES string of the molecule is CCNC(=O)CN(CC)C(=S)NCc1ccccc1. The van der Waals surface area contributed by atoms with Crippen molar-refractivity contribution in [1.82, 2.24) is 15.5 Å². The average molecular weight is 279 g/mol. The number of nitrogens with one attached hydrogen (secondary N) is 2. The molecule has 19 heavy (non-hydrogen) atoms. The van der Waals surface area contributed by atoms with Crippen LogP contribution in [0.25, 0.3) is 0 Å². The highest BCUT2D eigenvalue weighted by molar-refractivity contribution is 7.80. The minimum Gasteiger partial charge on any atom is -0.358 e. The Bertz CT molecular complexity index is 408. The van der Waals surface area contributed by atoms with Crippen LogP contribution in [0, 0.1) is 0 Å². The molecule has 1 aromatic rings. The van der Waals surface area contributed by atoms with Crippen molar-refractivity contribution in [3.8, 4) is 0 Å². The predicted octanol–water partition coefficient (Wildman–Crippen LogP) is 1.52. The van der Waals surface area contributed by atoms with Crippen LogP contribution in [-0.2, 0) is 11.3 Å². The van der Waals surface area contributed by atoms with Crippen LogP contribution >= 0.6 is 12.2 Å². The highest BCUT2D eigenvalue weighted by Crippen LogP contribution is 1.98. The summed E-state index contributed by atoms with van der Waals surface area (Å²) in [5.41, 5.74) is 1.17. The van der Waals surface area contributed by atoms with Gasteiger partial charge in [-0.3, -0.25) is 4.79 Å². The Kier molecular flexibility index (Phi) is 6.89. The molecule has 4 nitrogen and oxygen atoms in total. The van der Waals surface area contributed by atoms with E-state index in [-0.39, 0.29) is 5.91 Å². The van der Waals surface area contributed by atoms with Crippen LogP contribution in [0.2, 0.25) is 0 Å². The van der Waals surface area contributed by atoms with Gasteiger partial charge in [-0.2, -0.15) is 0 Å². The summed E-state index contributed by atoms with van der Waals surface area (Å²) in [7, 11) is 0. The van der Waals surface area contributed by atoms with Crippen LogP contribution < -0.4 is 10.6 Å². The summed E-state index contributed by atoms with van der Waals surface area (Å²) in [5.74, 6) is -0.00629. The summed E-state index contributed by atoms with van der Waals surface area (Å²) < 4.78 is 0. The van der Waals surface area contributed by atoms with Crippen molar-refractivity contribution in [2.75, 3.05) is 19.6 Å². The molecule has 1 rings (SSSR count). The standard InChI is InChI=1S/C14H21N3OS/c1-3-15-13(18)11-17(4-2)14(19)16-10-12-8-6-5-7-9-12/h5-9H,3-4,10-11H2,1-2H3,(H,15,18)(H,16,19). The second-order valence-corrected chi connectivity index (χ2v) is 4.50. The molecule has 0 aliphatic rings. The lowest BCUT2D eigenvalue weighted by molar-refractivity contribution is -0.121. The van der Waals surface area contributed by atoms with Gasteiger partial charge in [0.2, 0.25) is 5.91 Å². The molecule has 0 bridgehead atoms. The van der Waals surface area contributed by atoms with Crippen molar-refractivity contribution in [3.05, 3.63) is 35.9 Å². The van der Waals surface area contributed by atoms with Gasteiger partial charge in [-0.25, -0.2) is 0 Å². The number of benzene rings is 1. The van der Waals surface area contributed by atoms with Crippen molar-refractivity contribution in [2.45, 2.75) is 20.4 Å². The van der Waals surface area contributed by atoms with Crippen LogP contribution in [0.3, 0.4) is 0 Å². The number of thiocarbonyl (C=S) groups is 1. The second kappa shape index (κ2) is 8.48. The topological polar surface area (TPSA) is 44.4 Å². The van der Waals surface area contributed by atoms with Gasteiger partial charge in [0, 0.05) is 19.6 Å². The third kappa shape index (κ3) is 5.70. The van der Waals surface area contributed by atoms with Gasteiger partial charge >= 0.3 is 0 Å². The normalized spacial score (nSPS) is 9.79. The summed E-state index contributed by atoms with van der Waals surface area (Å²) in [5, 5.41) is 6.55. The molecule has 0 aliphatic heterocycles. The molecule has 1 aromatic carbocycles. The third-order valence-corrected chi connectivity index (χ3v) is 3.07. The molecule has 0 spiro atoms. The molecule has 0 radical (unpaired) electrons. The van der Waals surface area contributed by atoms with Gasteiger partial charge in [0.25, 0.3) is 0 Å². The zero-order chi connectivity index (χ0) is 14.1. The average Bonchev–Trinajstić information content (AvgIpc) is 2.43. The number of carbonyl (C=O) groups is 1. The molecule has 2 N–H and O–H groups in total. The third-order valence-electron chi connectivity index (χ3n) is 2.66. The number of hydrogen-bond acceptors (Lipinski definition) is 2. The Morgan fingerprint density at radius 1 is 1.21 bits per heavy atom. The van der Waals surface area contributed by atoms with Gasteiger partial charge in [-0.15, -0.1) is 0 Å². The lowest BCUT2D eigenvalue weighted by Crippen LogP contribution is -2.45. The summed E-state index contributed by atoms with van der Waals surface area (Å²) in [4.78, 5) is 13.4. The fourth-order valence-electron chi connectivity index (χ4n) is 1.64. The van der Waals surface area contributed by atoms with E-state index in [0.717, 1.165) is 0 Å². The molecule has 0 saturated heterocycles. The first kappa shape index (κ1) is 15.4. The van der Waals surface area contributed by atoms with Gasteiger partial charge in [0.15, 0.2) is 5.11 Å². The van der Waals surface area contributed by atoms with Gasteiger partial charge in [0.05, 0.1) is 6.54 Å². The van der Waals surface area contributed by atoms with Crippen molar-refractivity contribution >= 4 is 23.2 Å². The molecule has 0 aliphatic carbocycles. The molecule has 0 heterocycles. The van der Waals surface area contributed by atoms with Crippen LogP contribution in [0.5, 0.6) is 0 Å². The minimum absolute atomic E-state index is 0.00629. The molecule has 0 unspecified atom stereocenters. The maximum atomic E-state index is 11.6. The summed E-state index contributed by atoms with van der Waals surface area (Å²) >= 11 is 5.31. The van der Waals surface area contributed by atoms with E-state index in [0.29, 0.717) is 31.3 Å². The van der Waals surface area contributed by atoms with E-state index in [1.807, 2.05) is 49.1 Å². The number of carbonyl (C=O) groups excluding carboxylic acids is 1. The molecule has 5 heteroatoms. The second-order valence-electron chi connectivity index (χ2n) is 4.11. The Balaban J connectivity index is 2.43. The predicted molar refractivity (Wildman–Crippen MR) is 81.8 cm³/mol. The van der Waals surface area contributed by atoms with Crippen molar-refractivity contribution in [1.29, 1.82) is 0 Å². The Morgan fingerprint density at radius 2 is 1.89 bits per heavy atom. The Labute approximate surface area is 120 Å². The van der Waals surface area contributed by atoms with Gasteiger partial charge in [0.1, 0.15) is 0 Å². The highest BCUT2D eigenvalue weighted by atomic mass is 32.1. The highest BCUT2D eigenvalue weighted by Gasteiger charge is 2.11. The van der Waals surface area contributed by atoms with Gasteiger partial charge < -0.3 is 15.5 Å². The van der Waals surface area contributed by atoms with E-state index < -0.39 is 0 Å². The van der Waals surface area contributed by atoms with E-state index in [1.165, 1.54) is 5.56 Å². The molecular formula is C14H21N3OS. The van der Waals surface area contributed by atoms with Crippen LogP contribution in [0.4, 0.5) is 0 Å². The maximum absolute atomic E-state index is 11.6. The molecule has 0 saturated carbocycles. The fourth-order valence-corrected chi connectivity index (χ4v) is 1.90. The zero-order valence-electron chi connectivity index (χ0n) is 11.5. The molecule has 0 fully saturated rings. The van der Waals surface area contributed by atoms with Crippen LogP contribution in [-0.4, -0.2) is 35.6 Å². The number of rotatable bonds is 6. The quantitative estimate of drug-likeness (QED) is 0.775. The fraction of sp³-hybridized carbons (Fsp3) is 0.429. The first-order valence-electron chi connectivity index (χ1n) is 6.50. The molecule has 104 valence electrons. The lowest BCUT2D eigenvalue weighted by Gasteiger charge is -2.23. The smallest absolute Gasteiger partial charge is 0.239 e. The number of likely N-dealkylation sites (N-methyl/N-ethyl adjacent to an activating group) is 2. The van der Waals surface area contributed by atoms with Gasteiger partial charge in [-0.1, -0.05) is 30.3 Å². The minimum atomic E-state index is -0.00629. The molecule has 1 amide bonds. The van der Waals surface area contributed by atoms with Crippen molar-refractivity contribution < 1.29 is 4.79 Å². The zero-order valence-corrected chi connectivity index (χ0v) is 12.3. The Hall–Kier alpha value is -1.62. The number of amides is 1. The van der Waals surface area contributed by atoms with E-state index in [2.05, 4.69) is 10.6 Å². The summed E-state index contributed by atoms with van der Waals surface area (Å²) in [6.45, 7) is 6.20. The molecular weight excluding hydrogens is 258 g/mol. The monoisotopic (exact) mass is 279 g/mol.